The van der Waals surface area contributed by atoms with Crippen molar-refractivity contribution in [3.05, 3.63) is 0 Å². The van der Waals surface area contributed by atoms with Crippen LogP contribution in [0.4, 0.5) is 0 Å². The van der Waals surface area contributed by atoms with E-state index in [1.54, 1.807) is 0 Å². The second-order valence-electron chi connectivity index (χ2n) is 4.35. The van der Waals surface area contributed by atoms with Gasteiger partial charge in [-0.3, -0.25) is 0 Å². The van der Waals surface area contributed by atoms with Gasteiger partial charge in [-0.2, -0.15) is 0 Å². The van der Waals surface area contributed by atoms with Crippen LogP contribution in [0.3, 0.4) is 0 Å². The van der Waals surface area contributed by atoms with Crippen LogP contribution in [0.2, 0.25) is 0 Å². The van der Waals surface area contributed by atoms with Crippen molar-refractivity contribution in [2.45, 2.75) is 39.2 Å². The highest BCUT2D eigenvalue weighted by Crippen LogP contribution is 2.36. The zero-order valence-corrected chi connectivity index (χ0v) is 7.69. The summed E-state index contributed by atoms with van der Waals surface area (Å²) < 4.78 is 0. The van der Waals surface area contributed by atoms with Gasteiger partial charge in [0.15, 0.2) is 0 Å². The van der Waals surface area contributed by atoms with Crippen molar-refractivity contribution in [2.24, 2.45) is 11.1 Å². The van der Waals surface area contributed by atoms with Crippen molar-refractivity contribution in [1.82, 2.24) is 5.32 Å². The highest BCUT2D eigenvalue weighted by molar-refractivity contribution is 4.86. The topological polar surface area (TPSA) is 38.0 Å². The van der Waals surface area contributed by atoms with Crippen LogP contribution in [0.1, 0.15) is 33.1 Å². The lowest BCUT2D eigenvalue weighted by Gasteiger charge is -2.17. The third kappa shape index (κ3) is 2.80. The molecule has 66 valence electrons. The molecule has 0 heterocycles. The molecule has 11 heavy (non-hydrogen) atoms. The van der Waals surface area contributed by atoms with Crippen molar-refractivity contribution < 1.29 is 0 Å². The van der Waals surface area contributed by atoms with E-state index in [2.05, 4.69) is 19.2 Å². The minimum Gasteiger partial charge on any atom is -0.329 e. The van der Waals surface area contributed by atoms with Gasteiger partial charge in [0.25, 0.3) is 0 Å². The lowest BCUT2D eigenvalue weighted by molar-refractivity contribution is 0.365. The summed E-state index contributed by atoms with van der Waals surface area (Å²) in [5.74, 6) is 0. The van der Waals surface area contributed by atoms with Crippen LogP contribution in [0, 0.1) is 5.41 Å². The minimum absolute atomic E-state index is 0.562. The van der Waals surface area contributed by atoms with E-state index in [1.807, 2.05) is 0 Å². The summed E-state index contributed by atoms with van der Waals surface area (Å²) in [7, 11) is 0. The molecule has 0 spiro atoms. The summed E-state index contributed by atoms with van der Waals surface area (Å²) in [6, 6.07) is 0.730. The molecule has 0 aromatic rings. The fourth-order valence-corrected chi connectivity index (χ4v) is 1.90. The Balaban J connectivity index is 2.20. The minimum atomic E-state index is 0.562. The van der Waals surface area contributed by atoms with Gasteiger partial charge in [-0.25, -0.2) is 0 Å². The van der Waals surface area contributed by atoms with Crippen LogP contribution >= 0.6 is 0 Å². The molecule has 3 N–H and O–H groups in total. The molecule has 0 saturated heterocycles. The first kappa shape index (κ1) is 9.01. The second-order valence-corrected chi connectivity index (χ2v) is 4.35. The smallest absolute Gasteiger partial charge is 0.00770 e. The van der Waals surface area contributed by atoms with E-state index in [-0.39, 0.29) is 0 Å². The first-order chi connectivity index (χ1) is 5.14. The van der Waals surface area contributed by atoms with Crippen LogP contribution in [0.15, 0.2) is 0 Å². The van der Waals surface area contributed by atoms with E-state index in [9.17, 15) is 0 Å². The fourth-order valence-electron chi connectivity index (χ4n) is 1.90. The maximum atomic E-state index is 5.41. The largest absolute Gasteiger partial charge is 0.329 e. The van der Waals surface area contributed by atoms with Crippen molar-refractivity contribution in [3.8, 4) is 0 Å². The summed E-state index contributed by atoms with van der Waals surface area (Å²) >= 11 is 0. The van der Waals surface area contributed by atoms with Gasteiger partial charge in [-0.05, 0) is 24.7 Å². The summed E-state index contributed by atoms with van der Waals surface area (Å²) in [5.41, 5.74) is 5.97. The molecular weight excluding hydrogens is 136 g/mol. The summed E-state index contributed by atoms with van der Waals surface area (Å²) in [6.07, 6.45) is 4.00. The van der Waals surface area contributed by atoms with E-state index < -0.39 is 0 Å². The molecule has 1 rings (SSSR count). The number of nitrogens with one attached hydrogen (secondary N) is 1. The molecule has 1 fully saturated rings. The Morgan fingerprint density at radius 3 is 2.73 bits per heavy atom. The van der Waals surface area contributed by atoms with E-state index in [1.165, 1.54) is 19.3 Å². The molecule has 0 amide bonds. The van der Waals surface area contributed by atoms with Gasteiger partial charge >= 0.3 is 0 Å². The fraction of sp³-hybridized carbons (Fsp3) is 1.00. The Bertz CT molecular complexity index is 121. The average molecular weight is 156 g/mol. The predicted octanol–water partition coefficient (Wildman–Crippen LogP) is 1.11. The Kier molecular flexibility index (Phi) is 2.90. The average Bonchev–Trinajstić information content (AvgIpc) is 2.26. The summed E-state index contributed by atoms with van der Waals surface area (Å²) in [5, 5.41) is 3.46. The highest BCUT2D eigenvalue weighted by Gasteiger charge is 2.29. The third-order valence-corrected chi connectivity index (χ3v) is 2.55. The lowest BCUT2D eigenvalue weighted by atomic mass is 9.92. The standard InChI is InChI=1S/C9H20N2/c1-9(2)4-3-8(7-9)11-6-5-10/h8,11H,3-7,10H2,1-2H3. The monoisotopic (exact) mass is 156 g/mol. The lowest BCUT2D eigenvalue weighted by Crippen LogP contribution is -2.31. The molecule has 2 heteroatoms. The molecule has 0 aromatic heterocycles. The number of hydrogen-bond donors (Lipinski definition) is 2. The summed E-state index contributed by atoms with van der Waals surface area (Å²) in [6.45, 7) is 6.42. The molecule has 0 radical (unpaired) electrons. The first-order valence-corrected chi connectivity index (χ1v) is 4.57. The highest BCUT2D eigenvalue weighted by atomic mass is 14.9. The summed E-state index contributed by atoms with van der Waals surface area (Å²) in [4.78, 5) is 0. The molecule has 0 aromatic carbocycles. The predicted molar refractivity (Wildman–Crippen MR) is 48.5 cm³/mol. The Morgan fingerprint density at radius 2 is 2.27 bits per heavy atom. The van der Waals surface area contributed by atoms with Gasteiger partial charge in [-0.15, -0.1) is 0 Å². The quantitative estimate of drug-likeness (QED) is 0.642. The first-order valence-electron chi connectivity index (χ1n) is 4.57. The Labute approximate surface area is 69.5 Å². The number of nitrogens with two attached hydrogens (primary N) is 1. The van der Waals surface area contributed by atoms with Crippen molar-refractivity contribution >= 4 is 0 Å². The van der Waals surface area contributed by atoms with E-state index in [4.69, 9.17) is 5.73 Å². The number of rotatable bonds is 3. The Hall–Kier alpha value is -0.0800. The van der Waals surface area contributed by atoms with Crippen LogP contribution in [-0.4, -0.2) is 19.1 Å². The van der Waals surface area contributed by atoms with Crippen molar-refractivity contribution in [2.75, 3.05) is 13.1 Å². The van der Waals surface area contributed by atoms with E-state index >= 15 is 0 Å². The molecule has 1 saturated carbocycles. The van der Waals surface area contributed by atoms with E-state index in [0.717, 1.165) is 19.1 Å². The maximum Gasteiger partial charge on any atom is 0.00770 e. The van der Waals surface area contributed by atoms with Crippen LogP contribution in [0.5, 0.6) is 0 Å². The van der Waals surface area contributed by atoms with Crippen molar-refractivity contribution in [1.29, 1.82) is 0 Å². The van der Waals surface area contributed by atoms with Crippen LogP contribution < -0.4 is 11.1 Å². The maximum absolute atomic E-state index is 5.41. The molecule has 0 aliphatic heterocycles. The third-order valence-electron chi connectivity index (χ3n) is 2.55. The molecule has 2 nitrogen and oxygen atoms in total. The normalized spacial score (nSPS) is 29.2. The zero-order chi connectivity index (χ0) is 8.32. The molecule has 1 atom stereocenters. The van der Waals surface area contributed by atoms with Gasteiger partial charge in [0, 0.05) is 19.1 Å². The van der Waals surface area contributed by atoms with Gasteiger partial charge in [0.05, 0.1) is 0 Å². The molecular formula is C9H20N2. The van der Waals surface area contributed by atoms with Crippen LogP contribution in [0.25, 0.3) is 0 Å². The van der Waals surface area contributed by atoms with Gasteiger partial charge in [0.2, 0.25) is 0 Å². The second kappa shape index (κ2) is 3.55. The molecule has 1 aliphatic rings. The van der Waals surface area contributed by atoms with E-state index in [0.29, 0.717) is 5.41 Å². The van der Waals surface area contributed by atoms with Crippen LogP contribution in [-0.2, 0) is 0 Å². The SMILES string of the molecule is CC1(C)CCC(NCCN)C1. The molecule has 1 unspecified atom stereocenters. The Morgan fingerprint density at radius 1 is 1.55 bits per heavy atom. The molecule has 1 aliphatic carbocycles. The van der Waals surface area contributed by atoms with Gasteiger partial charge < -0.3 is 11.1 Å². The van der Waals surface area contributed by atoms with Gasteiger partial charge in [-0.1, -0.05) is 13.8 Å². The number of hydrogen-bond acceptors (Lipinski definition) is 2. The zero-order valence-electron chi connectivity index (χ0n) is 7.69. The molecule has 0 bridgehead atoms. The van der Waals surface area contributed by atoms with Gasteiger partial charge in [0.1, 0.15) is 0 Å². The van der Waals surface area contributed by atoms with Crippen molar-refractivity contribution in [3.63, 3.8) is 0 Å².